The number of ketones is 2. The Morgan fingerprint density at radius 1 is 0.390 bits per heavy atom. The summed E-state index contributed by atoms with van der Waals surface area (Å²) in [5, 5.41) is 0. The largest absolute Gasteiger partial charge is 0.370 e. The minimum atomic E-state index is 0.152. The lowest BCUT2D eigenvalue weighted by Crippen LogP contribution is -2.07. The maximum absolute atomic E-state index is 12.2. The Balaban J connectivity index is 1.26. The molecule has 2 saturated heterocycles. The minimum absolute atomic E-state index is 0.152. The van der Waals surface area contributed by atoms with Crippen LogP contribution in [0.2, 0.25) is 0 Å². The number of carbonyl (C=O) groups excluding carboxylic acids is 2. The van der Waals surface area contributed by atoms with Gasteiger partial charge in [0.05, 0.1) is 30.8 Å². The number of ether oxygens (including phenoxy) is 2. The van der Waals surface area contributed by atoms with Crippen LogP contribution in [0.1, 0.15) is 200 Å². The summed E-state index contributed by atoms with van der Waals surface area (Å²) in [6.07, 6.45) is 36.3. The molecular formula is C37H68O4. The van der Waals surface area contributed by atoms with E-state index in [0.717, 1.165) is 25.7 Å². The van der Waals surface area contributed by atoms with E-state index in [0.29, 0.717) is 37.3 Å². The second-order valence-electron chi connectivity index (χ2n) is 13.4. The lowest BCUT2D eigenvalue weighted by molar-refractivity contribution is -0.127. The summed E-state index contributed by atoms with van der Waals surface area (Å²) < 4.78 is 11.7. The number of epoxide rings is 2. The van der Waals surface area contributed by atoms with Gasteiger partial charge in [0.1, 0.15) is 11.6 Å². The molecule has 2 rings (SSSR count). The van der Waals surface area contributed by atoms with Crippen molar-refractivity contribution in [2.75, 3.05) is 0 Å². The highest BCUT2D eigenvalue weighted by atomic mass is 16.6. The van der Waals surface area contributed by atoms with Gasteiger partial charge in [0.15, 0.2) is 0 Å². The third-order valence-electron chi connectivity index (χ3n) is 9.34. The van der Waals surface area contributed by atoms with Crippen LogP contribution in [0, 0.1) is 0 Å². The first-order valence-electron chi connectivity index (χ1n) is 18.5. The van der Waals surface area contributed by atoms with E-state index < -0.39 is 0 Å². The highest BCUT2D eigenvalue weighted by Gasteiger charge is 2.37. The van der Waals surface area contributed by atoms with E-state index in [2.05, 4.69) is 13.8 Å². The van der Waals surface area contributed by atoms with E-state index >= 15 is 0 Å². The monoisotopic (exact) mass is 577 g/mol. The lowest BCUT2D eigenvalue weighted by atomic mass is 10.0. The quantitative estimate of drug-likeness (QED) is 0.0454. The Bertz CT molecular complexity index is 593. The van der Waals surface area contributed by atoms with Crippen LogP contribution < -0.4 is 0 Å². The molecule has 4 heteroatoms. The topological polar surface area (TPSA) is 59.2 Å². The Morgan fingerprint density at radius 3 is 0.976 bits per heavy atom. The molecule has 4 nitrogen and oxygen atoms in total. The predicted molar refractivity (Wildman–Crippen MR) is 173 cm³/mol. The van der Waals surface area contributed by atoms with Gasteiger partial charge < -0.3 is 9.47 Å². The Hall–Kier alpha value is -0.740. The van der Waals surface area contributed by atoms with E-state index in [4.69, 9.17) is 9.47 Å². The van der Waals surface area contributed by atoms with Gasteiger partial charge in [0, 0.05) is 12.8 Å². The number of hydrogen-bond acceptors (Lipinski definition) is 4. The van der Waals surface area contributed by atoms with Crippen molar-refractivity contribution in [2.45, 2.75) is 224 Å². The molecule has 0 aromatic rings. The molecule has 0 N–H and O–H groups in total. The van der Waals surface area contributed by atoms with Gasteiger partial charge in [0.25, 0.3) is 0 Å². The fourth-order valence-corrected chi connectivity index (χ4v) is 6.42. The van der Waals surface area contributed by atoms with Crippen molar-refractivity contribution in [1.29, 1.82) is 0 Å². The fraction of sp³-hybridized carbons (Fsp3) is 0.946. The van der Waals surface area contributed by atoms with Crippen molar-refractivity contribution in [2.24, 2.45) is 0 Å². The number of hydrogen-bond donors (Lipinski definition) is 0. The van der Waals surface area contributed by atoms with Gasteiger partial charge in [0.2, 0.25) is 0 Å². The van der Waals surface area contributed by atoms with Gasteiger partial charge in [-0.2, -0.15) is 0 Å². The van der Waals surface area contributed by atoms with Crippen LogP contribution in [0.4, 0.5) is 0 Å². The average Bonchev–Trinajstić information content (AvgIpc) is 3.88. The second-order valence-corrected chi connectivity index (χ2v) is 13.4. The SMILES string of the molecule is CCCCCCCCC1OC1CCCCCCCC(=O)CC(=O)CCCCCCCC1OC1CCCCCCCC. The predicted octanol–water partition coefficient (Wildman–Crippen LogP) is 11.0. The summed E-state index contributed by atoms with van der Waals surface area (Å²) >= 11 is 0. The summed E-state index contributed by atoms with van der Waals surface area (Å²) in [5.41, 5.74) is 0. The number of carbonyl (C=O) groups is 2. The lowest BCUT2D eigenvalue weighted by Gasteiger charge is -2.03. The Labute approximate surface area is 254 Å². The van der Waals surface area contributed by atoms with Crippen molar-refractivity contribution in [3.8, 4) is 0 Å². The first-order chi connectivity index (χ1) is 20.1. The summed E-state index contributed by atoms with van der Waals surface area (Å²) in [5.74, 6) is 0.303. The van der Waals surface area contributed by atoms with Crippen molar-refractivity contribution in [3.63, 3.8) is 0 Å². The minimum Gasteiger partial charge on any atom is -0.370 e. The maximum atomic E-state index is 12.2. The third kappa shape index (κ3) is 20.7. The van der Waals surface area contributed by atoms with Gasteiger partial charge in [-0.15, -0.1) is 0 Å². The fourth-order valence-electron chi connectivity index (χ4n) is 6.42. The van der Waals surface area contributed by atoms with E-state index in [1.165, 1.54) is 141 Å². The molecule has 41 heavy (non-hydrogen) atoms. The normalized spacial score (nSPS) is 21.3. The Kier molecular flexibility index (Phi) is 21.9. The molecule has 2 aliphatic heterocycles. The number of rotatable bonds is 32. The third-order valence-corrected chi connectivity index (χ3v) is 9.34. The van der Waals surface area contributed by atoms with E-state index in [1.54, 1.807) is 0 Å². The summed E-state index contributed by atoms with van der Waals surface area (Å²) in [7, 11) is 0. The van der Waals surface area contributed by atoms with Crippen LogP contribution in [0.15, 0.2) is 0 Å². The van der Waals surface area contributed by atoms with Crippen LogP contribution in [0.25, 0.3) is 0 Å². The first-order valence-corrected chi connectivity index (χ1v) is 18.5. The number of unbranched alkanes of at least 4 members (excludes halogenated alkanes) is 18. The average molecular weight is 577 g/mol. The molecule has 240 valence electrons. The molecule has 0 aromatic heterocycles. The maximum Gasteiger partial charge on any atom is 0.140 e. The van der Waals surface area contributed by atoms with E-state index in [-0.39, 0.29) is 18.0 Å². The van der Waals surface area contributed by atoms with Gasteiger partial charge in [-0.05, 0) is 38.5 Å². The summed E-state index contributed by atoms with van der Waals surface area (Å²) in [4.78, 5) is 24.4. The van der Waals surface area contributed by atoms with Gasteiger partial charge >= 0.3 is 0 Å². The molecule has 0 radical (unpaired) electrons. The van der Waals surface area contributed by atoms with Crippen LogP contribution in [0.5, 0.6) is 0 Å². The van der Waals surface area contributed by atoms with Crippen LogP contribution >= 0.6 is 0 Å². The highest BCUT2D eigenvalue weighted by molar-refractivity contribution is 5.98. The van der Waals surface area contributed by atoms with Crippen LogP contribution in [-0.2, 0) is 19.1 Å². The zero-order valence-electron chi connectivity index (χ0n) is 27.4. The Morgan fingerprint density at radius 2 is 0.659 bits per heavy atom. The molecule has 4 atom stereocenters. The molecule has 0 amide bonds. The van der Waals surface area contributed by atoms with Crippen LogP contribution in [0.3, 0.4) is 0 Å². The van der Waals surface area contributed by atoms with Crippen molar-refractivity contribution < 1.29 is 19.1 Å². The first kappa shape index (κ1) is 36.5. The van der Waals surface area contributed by atoms with E-state index in [1.807, 2.05) is 0 Å². The van der Waals surface area contributed by atoms with Crippen molar-refractivity contribution >= 4 is 11.6 Å². The molecule has 2 fully saturated rings. The second kappa shape index (κ2) is 24.7. The molecule has 0 bridgehead atoms. The molecule has 4 unspecified atom stereocenters. The zero-order valence-corrected chi connectivity index (χ0v) is 27.4. The molecule has 2 aliphatic rings. The standard InChI is InChI=1S/C37H68O4/c1-3-5-7-9-15-21-27-34-36(40-34)29-23-17-11-13-19-25-32(38)31-33(39)26-20-14-12-18-24-30-37-35(41-37)28-22-16-10-8-6-4-2/h34-37H,3-31H2,1-2H3. The molecular weight excluding hydrogens is 508 g/mol. The molecule has 0 aromatic carbocycles. The van der Waals surface area contributed by atoms with Gasteiger partial charge in [-0.1, -0.05) is 142 Å². The zero-order chi connectivity index (χ0) is 29.4. The van der Waals surface area contributed by atoms with Gasteiger partial charge in [-0.3, -0.25) is 9.59 Å². The van der Waals surface area contributed by atoms with Gasteiger partial charge in [-0.25, -0.2) is 0 Å². The molecule has 0 spiro atoms. The smallest absolute Gasteiger partial charge is 0.140 e. The number of Topliss-reactive ketones (excluding diaryl/α,β-unsaturated/α-hetero) is 2. The van der Waals surface area contributed by atoms with E-state index in [9.17, 15) is 9.59 Å². The molecule has 2 heterocycles. The summed E-state index contributed by atoms with van der Waals surface area (Å²) in [6.45, 7) is 4.54. The summed E-state index contributed by atoms with van der Waals surface area (Å²) in [6, 6.07) is 0. The van der Waals surface area contributed by atoms with Crippen molar-refractivity contribution in [3.05, 3.63) is 0 Å². The highest BCUT2D eigenvalue weighted by Crippen LogP contribution is 2.33. The molecule has 0 aliphatic carbocycles. The van der Waals surface area contributed by atoms with Crippen molar-refractivity contribution in [1.82, 2.24) is 0 Å². The van der Waals surface area contributed by atoms with Crippen LogP contribution in [-0.4, -0.2) is 36.0 Å². The molecule has 0 saturated carbocycles.